The van der Waals surface area contributed by atoms with E-state index in [1.807, 2.05) is 16.5 Å². The predicted molar refractivity (Wildman–Crippen MR) is 93.5 cm³/mol. The van der Waals surface area contributed by atoms with Crippen molar-refractivity contribution in [3.05, 3.63) is 23.0 Å². The lowest BCUT2D eigenvalue weighted by atomic mass is 10.1. The highest BCUT2D eigenvalue weighted by molar-refractivity contribution is 7.15. The molecule has 2 fully saturated rings. The Hall–Kier alpha value is -1.44. The maximum Gasteiger partial charge on any atom is 0.274 e. The Balaban J connectivity index is 1.62. The van der Waals surface area contributed by atoms with E-state index in [1.165, 1.54) is 6.42 Å². The van der Waals surface area contributed by atoms with E-state index in [9.17, 15) is 4.79 Å². The van der Waals surface area contributed by atoms with Gasteiger partial charge in [0, 0.05) is 43.9 Å². The minimum absolute atomic E-state index is 0.0941. The highest BCUT2D eigenvalue weighted by Crippen LogP contribution is 2.23. The first-order chi connectivity index (χ1) is 11.7. The van der Waals surface area contributed by atoms with E-state index < -0.39 is 0 Å². The van der Waals surface area contributed by atoms with Gasteiger partial charge in [-0.3, -0.25) is 14.1 Å². The van der Waals surface area contributed by atoms with E-state index >= 15 is 0 Å². The van der Waals surface area contributed by atoms with Crippen LogP contribution in [0.15, 0.2) is 11.6 Å². The van der Waals surface area contributed by atoms with E-state index in [-0.39, 0.29) is 5.91 Å². The third-order valence-corrected chi connectivity index (χ3v) is 5.89. The van der Waals surface area contributed by atoms with Crippen LogP contribution < -0.4 is 0 Å². The molecule has 0 radical (unpaired) electrons. The topological polar surface area (TPSA) is 50.1 Å². The summed E-state index contributed by atoms with van der Waals surface area (Å²) in [6.45, 7) is 4.04. The second-order valence-corrected chi connectivity index (χ2v) is 7.62. The third-order valence-electron chi connectivity index (χ3n) is 5.14. The molecule has 0 N–H and O–H groups in total. The van der Waals surface area contributed by atoms with Gasteiger partial charge < -0.3 is 9.64 Å². The number of hydrogen-bond acceptors (Lipinski definition) is 5. The average molecular weight is 348 g/mol. The van der Waals surface area contributed by atoms with Crippen LogP contribution in [0.25, 0.3) is 4.96 Å². The summed E-state index contributed by atoms with van der Waals surface area (Å²) < 4.78 is 7.58. The summed E-state index contributed by atoms with van der Waals surface area (Å²) >= 11 is 1.58. The molecule has 1 atom stereocenters. The van der Waals surface area contributed by atoms with E-state index in [0.717, 1.165) is 62.8 Å². The molecule has 130 valence electrons. The van der Waals surface area contributed by atoms with Crippen LogP contribution in [0.5, 0.6) is 0 Å². The molecular weight excluding hydrogens is 324 g/mol. The summed E-state index contributed by atoms with van der Waals surface area (Å²) in [6, 6.07) is 0.423. The largest absolute Gasteiger partial charge is 0.380 e. The number of likely N-dealkylation sites (N-methyl/N-ethyl adjacent to an activating group) is 1. The summed E-state index contributed by atoms with van der Waals surface area (Å²) in [5.41, 5.74) is 1.64. The Morgan fingerprint density at radius 1 is 1.42 bits per heavy atom. The number of carbonyl (C=O) groups is 1. The van der Waals surface area contributed by atoms with Crippen molar-refractivity contribution in [1.82, 2.24) is 19.2 Å². The number of rotatable bonds is 4. The van der Waals surface area contributed by atoms with Crippen LogP contribution >= 0.6 is 11.3 Å². The molecule has 4 rings (SSSR count). The molecule has 0 bridgehead atoms. The monoisotopic (exact) mass is 348 g/mol. The van der Waals surface area contributed by atoms with Crippen molar-refractivity contribution in [1.29, 1.82) is 0 Å². The fourth-order valence-electron chi connectivity index (χ4n) is 3.64. The van der Waals surface area contributed by atoms with Crippen LogP contribution in [0.1, 0.15) is 41.9 Å². The number of nitrogens with zero attached hydrogens (tertiary/aromatic N) is 4. The summed E-state index contributed by atoms with van der Waals surface area (Å²) in [4.78, 5) is 22.8. The number of amides is 1. The minimum Gasteiger partial charge on any atom is -0.380 e. The molecule has 0 aliphatic carbocycles. The molecule has 0 aromatic carbocycles. The number of aromatic nitrogens is 2. The molecule has 0 spiro atoms. The SMILES string of the molecule is CN(Cc1c(C(=O)N2CCCCC2)nc2sccn12)C1CCOC1. The van der Waals surface area contributed by atoms with Crippen molar-refractivity contribution in [3.8, 4) is 0 Å². The van der Waals surface area contributed by atoms with Crippen molar-refractivity contribution in [2.75, 3.05) is 33.4 Å². The van der Waals surface area contributed by atoms with Crippen molar-refractivity contribution in [3.63, 3.8) is 0 Å². The Bertz CT molecular complexity index is 713. The zero-order valence-electron chi connectivity index (χ0n) is 14.1. The number of piperidine rings is 1. The van der Waals surface area contributed by atoms with Crippen LogP contribution in [0.2, 0.25) is 0 Å². The first kappa shape index (κ1) is 16.1. The Morgan fingerprint density at radius 3 is 3.00 bits per heavy atom. The van der Waals surface area contributed by atoms with Crippen LogP contribution in [0.3, 0.4) is 0 Å². The lowest BCUT2D eigenvalue weighted by Crippen LogP contribution is -2.37. The molecule has 4 heterocycles. The number of hydrogen-bond donors (Lipinski definition) is 0. The molecule has 2 aromatic rings. The molecule has 0 saturated carbocycles. The highest BCUT2D eigenvalue weighted by atomic mass is 32.1. The van der Waals surface area contributed by atoms with Gasteiger partial charge in [-0.25, -0.2) is 4.98 Å². The zero-order valence-corrected chi connectivity index (χ0v) is 14.9. The first-order valence-corrected chi connectivity index (χ1v) is 9.63. The summed E-state index contributed by atoms with van der Waals surface area (Å²) in [5.74, 6) is 0.0941. The maximum absolute atomic E-state index is 13.0. The normalized spacial score (nSPS) is 21.9. The van der Waals surface area contributed by atoms with E-state index in [4.69, 9.17) is 4.74 Å². The number of likely N-dealkylation sites (tertiary alicyclic amines) is 1. The first-order valence-electron chi connectivity index (χ1n) is 8.76. The number of ether oxygens (including phenoxy) is 1. The van der Waals surface area contributed by atoms with Crippen LogP contribution in [0, 0.1) is 0 Å². The molecule has 6 nitrogen and oxygen atoms in total. The van der Waals surface area contributed by atoms with Gasteiger partial charge in [0.25, 0.3) is 5.91 Å². The van der Waals surface area contributed by atoms with Gasteiger partial charge >= 0.3 is 0 Å². The molecule has 2 aliphatic rings. The lowest BCUT2D eigenvalue weighted by Gasteiger charge is -2.27. The van der Waals surface area contributed by atoms with E-state index in [0.29, 0.717) is 11.7 Å². The van der Waals surface area contributed by atoms with Crippen LogP contribution in [-0.2, 0) is 11.3 Å². The highest BCUT2D eigenvalue weighted by Gasteiger charge is 2.28. The van der Waals surface area contributed by atoms with E-state index in [2.05, 4.69) is 21.3 Å². The lowest BCUT2D eigenvalue weighted by molar-refractivity contribution is 0.0716. The molecular formula is C17H24N4O2S. The minimum atomic E-state index is 0.0941. The van der Waals surface area contributed by atoms with Crippen LogP contribution in [0.4, 0.5) is 0 Å². The predicted octanol–water partition coefficient (Wildman–Crippen LogP) is 2.24. The second-order valence-electron chi connectivity index (χ2n) is 6.75. The van der Waals surface area contributed by atoms with Gasteiger partial charge in [0.1, 0.15) is 0 Å². The molecule has 7 heteroatoms. The van der Waals surface area contributed by atoms with Gasteiger partial charge in [0.2, 0.25) is 0 Å². The Kier molecular flexibility index (Phi) is 4.56. The fraction of sp³-hybridized carbons (Fsp3) is 0.647. The molecule has 1 unspecified atom stereocenters. The van der Waals surface area contributed by atoms with Crippen LogP contribution in [-0.4, -0.2) is 64.5 Å². The summed E-state index contributed by atoms with van der Waals surface area (Å²) in [7, 11) is 2.11. The van der Waals surface area contributed by atoms with Crippen molar-refractivity contribution < 1.29 is 9.53 Å². The molecule has 2 aliphatic heterocycles. The standard InChI is InChI=1S/C17H24N4O2S/c1-19(13-5-9-23-12-13)11-14-15(18-17-21(14)8-10-24-17)16(22)20-6-3-2-4-7-20/h8,10,13H,2-7,9,11-12H2,1H3. The summed E-state index contributed by atoms with van der Waals surface area (Å²) in [6.07, 6.45) is 6.50. The maximum atomic E-state index is 13.0. The number of carbonyl (C=O) groups excluding carboxylic acids is 1. The van der Waals surface area contributed by atoms with Gasteiger partial charge in [-0.05, 0) is 32.7 Å². The van der Waals surface area contributed by atoms with Gasteiger partial charge in [0.15, 0.2) is 10.7 Å². The van der Waals surface area contributed by atoms with Gasteiger partial charge in [-0.1, -0.05) is 0 Å². The zero-order chi connectivity index (χ0) is 16.5. The van der Waals surface area contributed by atoms with Crippen molar-refractivity contribution in [2.24, 2.45) is 0 Å². The van der Waals surface area contributed by atoms with Gasteiger partial charge in [-0.2, -0.15) is 0 Å². The number of thiazole rings is 1. The number of imidazole rings is 1. The third kappa shape index (κ3) is 2.96. The van der Waals surface area contributed by atoms with Crippen molar-refractivity contribution in [2.45, 2.75) is 38.3 Å². The number of fused-ring (bicyclic) bond motifs is 1. The smallest absolute Gasteiger partial charge is 0.274 e. The fourth-order valence-corrected chi connectivity index (χ4v) is 4.37. The van der Waals surface area contributed by atoms with Gasteiger partial charge in [0.05, 0.1) is 12.3 Å². The average Bonchev–Trinajstić information content (AvgIpc) is 3.33. The summed E-state index contributed by atoms with van der Waals surface area (Å²) in [5, 5.41) is 2.03. The second kappa shape index (κ2) is 6.82. The van der Waals surface area contributed by atoms with Gasteiger partial charge in [-0.15, -0.1) is 11.3 Å². The molecule has 1 amide bonds. The Labute approximate surface area is 146 Å². The molecule has 2 saturated heterocycles. The molecule has 24 heavy (non-hydrogen) atoms. The molecule has 2 aromatic heterocycles. The Morgan fingerprint density at radius 2 is 2.25 bits per heavy atom. The van der Waals surface area contributed by atoms with E-state index in [1.54, 1.807) is 11.3 Å². The van der Waals surface area contributed by atoms with Crippen molar-refractivity contribution >= 4 is 22.2 Å². The quantitative estimate of drug-likeness (QED) is 0.850.